The van der Waals surface area contributed by atoms with Crippen molar-refractivity contribution in [1.82, 2.24) is 5.32 Å². The van der Waals surface area contributed by atoms with Gasteiger partial charge in [0.1, 0.15) is 5.82 Å². The number of hydrogen-bond donors (Lipinski definition) is 1. The van der Waals surface area contributed by atoms with Gasteiger partial charge >= 0.3 is 0 Å². The Hall–Kier alpha value is -0.410. The van der Waals surface area contributed by atoms with Crippen molar-refractivity contribution in [2.75, 3.05) is 6.54 Å². The van der Waals surface area contributed by atoms with Crippen LogP contribution < -0.4 is 5.32 Å². The molecule has 1 aromatic rings. The second kappa shape index (κ2) is 7.12. The molecule has 2 atom stereocenters. The van der Waals surface area contributed by atoms with E-state index in [-0.39, 0.29) is 11.9 Å². The van der Waals surface area contributed by atoms with Crippen LogP contribution in [0.2, 0.25) is 0 Å². The summed E-state index contributed by atoms with van der Waals surface area (Å²) in [5.74, 6) is 0.458. The Morgan fingerprint density at radius 3 is 2.59 bits per heavy atom. The molecular formula is C14H21BrFN. The summed E-state index contributed by atoms with van der Waals surface area (Å²) in [6.07, 6.45) is 2.08. The first-order valence-corrected chi connectivity index (χ1v) is 7.06. The minimum Gasteiger partial charge on any atom is -0.310 e. The second-order valence-corrected chi connectivity index (χ2v) is 5.35. The van der Waals surface area contributed by atoms with Gasteiger partial charge in [-0.2, -0.15) is 0 Å². The summed E-state index contributed by atoms with van der Waals surface area (Å²) in [6.45, 7) is 7.28. The van der Waals surface area contributed by atoms with Crippen molar-refractivity contribution in [3.8, 4) is 0 Å². The lowest BCUT2D eigenvalue weighted by Crippen LogP contribution is -2.24. The third-order valence-electron chi connectivity index (χ3n) is 3.13. The predicted octanol–water partition coefficient (Wildman–Crippen LogP) is 4.68. The van der Waals surface area contributed by atoms with E-state index in [2.05, 4.69) is 42.0 Å². The molecule has 96 valence electrons. The third-order valence-corrected chi connectivity index (χ3v) is 3.83. The Balaban J connectivity index is 2.96. The number of rotatable bonds is 6. The predicted molar refractivity (Wildman–Crippen MR) is 74.6 cm³/mol. The molecular weight excluding hydrogens is 281 g/mol. The highest BCUT2D eigenvalue weighted by molar-refractivity contribution is 9.10. The molecule has 0 amide bonds. The monoisotopic (exact) mass is 301 g/mol. The number of nitrogens with one attached hydrogen (secondary N) is 1. The topological polar surface area (TPSA) is 12.0 Å². The van der Waals surface area contributed by atoms with E-state index in [1.54, 1.807) is 6.07 Å². The molecule has 3 heteroatoms. The van der Waals surface area contributed by atoms with Crippen LogP contribution in [0.5, 0.6) is 0 Å². The van der Waals surface area contributed by atoms with Crippen molar-refractivity contribution in [2.45, 2.75) is 39.7 Å². The Bertz CT molecular complexity index is 334. The maximum Gasteiger partial charge on any atom is 0.129 e. The highest BCUT2D eigenvalue weighted by Gasteiger charge is 2.19. The molecule has 0 spiro atoms. The van der Waals surface area contributed by atoms with Gasteiger partial charge < -0.3 is 5.32 Å². The van der Waals surface area contributed by atoms with Crippen molar-refractivity contribution in [1.29, 1.82) is 0 Å². The maximum absolute atomic E-state index is 13.9. The van der Waals surface area contributed by atoms with Crippen LogP contribution in [0.3, 0.4) is 0 Å². The molecule has 0 aliphatic heterocycles. The summed E-state index contributed by atoms with van der Waals surface area (Å²) in [7, 11) is 0. The van der Waals surface area contributed by atoms with Crippen molar-refractivity contribution in [3.05, 3.63) is 34.1 Å². The Morgan fingerprint density at radius 1 is 1.35 bits per heavy atom. The molecule has 0 aliphatic rings. The molecule has 1 rings (SSSR count). The third kappa shape index (κ3) is 4.07. The highest BCUT2D eigenvalue weighted by atomic mass is 79.9. The summed E-state index contributed by atoms with van der Waals surface area (Å²) in [5, 5.41) is 3.38. The normalized spacial score (nSPS) is 14.6. The van der Waals surface area contributed by atoms with Gasteiger partial charge in [-0.3, -0.25) is 0 Å². The van der Waals surface area contributed by atoms with Crippen molar-refractivity contribution >= 4 is 15.9 Å². The van der Waals surface area contributed by atoms with Gasteiger partial charge in [0.25, 0.3) is 0 Å². The average Bonchev–Trinajstić information content (AvgIpc) is 2.28. The molecule has 0 saturated heterocycles. The molecule has 1 nitrogen and oxygen atoms in total. The van der Waals surface area contributed by atoms with Crippen LogP contribution in [0, 0.1) is 11.7 Å². The van der Waals surface area contributed by atoms with E-state index in [1.165, 1.54) is 6.07 Å². The SMILES string of the molecule is CCNC(CC(C)CC)c1c(F)cccc1Br. The first-order valence-electron chi connectivity index (χ1n) is 6.27. The van der Waals surface area contributed by atoms with Crippen molar-refractivity contribution in [3.63, 3.8) is 0 Å². The lowest BCUT2D eigenvalue weighted by atomic mass is 9.94. The second-order valence-electron chi connectivity index (χ2n) is 4.49. The zero-order valence-electron chi connectivity index (χ0n) is 10.8. The fraction of sp³-hybridized carbons (Fsp3) is 0.571. The standard InChI is InChI=1S/C14H21BrFN/c1-4-10(3)9-13(17-5-2)14-11(15)7-6-8-12(14)16/h6-8,10,13,17H,4-5,9H2,1-3H3. The first-order chi connectivity index (χ1) is 8.10. The number of hydrogen-bond acceptors (Lipinski definition) is 1. The van der Waals surface area contributed by atoms with E-state index in [0.717, 1.165) is 29.4 Å². The highest BCUT2D eigenvalue weighted by Crippen LogP contribution is 2.30. The molecule has 0 aliphatic carbocycles. The largest absolute Gasteiger partial charge is 0.310 e. The molecule has 0 bridgehead atoms. The molecule has 17 heavy (non-hydrogen) atoms. The van der Waals surface area contributed by atoms with Crippen molar-refractivity contribution in [2.24, 2.45) is 5.92 Å². The quantitative estimate of drug-likeness (QED) is 0.805. The number of benzene rings is 1. The first kappa shape index (κ1) is 14.7. The zero-order chi connectivity index (χ0) is 12.8. The lowest BCUT2D eigenvalue weighted by molar-refractivity contribution is 0.396. The van der Waals surface area contributed by atoms with Gasteiger partial charge in [-0.05, 0) is 31.0 Å². The van der Waals surface area contributed by atoms with Gasteiger partial charge in [0.15, 0.2) is 0 Å². The van der Waals surface area contributed by atoms with Gasteiger partial charge in [0, 0.05) is 16.1 Å². The number of halogens is 2. The van der Waals surface area contributed by atoms with Crippen LogP contribution in [0.25, 0.3) is 0 Å². The van der Waals surface area contributed by atoms with E-state index in [1.807, 2.05) is 6.07 Å². The summed E-state index contributed by atoms with van der Waals surface area (Å²) in [4.78, 5) is 0. The van der Waals surface area contributed by atoms with Crippen LogP contribution in [-0.4, -0.2) is 6.54 Å². The van der Waals surface area contributed by atoms with E-state index in [4.69, 9.17) is 0 Å². The summed E-state index contributed by atoms with van der Waals surface area (Å²) in [5.41, 5.74) is 0.759. The van der Waals surface area contributed by atoms with Gasteiger partial charge in [0.2, 0.25) is 0 Å². The Labute approximate surface area is 112 Å². The van der Waals surface area contributed by atoms with Crippen LogP contribution in [0.4, 0.5) is 4.39 Å². The summed E-state index contributed by atoms with van der Waals surface area (Å²) >= 11 is 3.45. The van der Waals surface area contributed by atoms with Crippen LogP contribution in [0.1, 0.15) is 45.2 Å². The fourth-order valence-corrected chi connectivity index (χ4v) is 2.58. The summed E-state index contributed by atoms with van der Waals surface area (Å²) < 4.78 is 14.8. The summed E-state index contributed by atoms with van der Waals surface area (Å²) in [6, 6.07) is 5.25. The van der Waals surface area contributed by atoms with Gasteiger partial charge in [-0.25, -0.2) is 4.39 Å². The van der Waals surface area contributed by atoms with E-state index >= 15 is 0 Å². The van der Waals surface area contributed by atoms with E-state index in [0.29, 0.717) is 5.92 Å². The maximum atomic E-state index is 13.9. The molecule has 0 aromatic heterocycles. The minimum atomic E-state index is -0.131. The van der Waals surface area contributed by atoms with Crippen LogP contribution >= 0.6 is 15.9 Å². The van der Waals surface area contributed by atoms with Gasteiger partial charge in [0.05, 0.1) is 0 Å². The zero-order valence-corrected chi connectivity index (χ0v) is 12.3. The van der Waals surface area contributed by atoms with E-state index < -0.39 is 0 Å². The van der Waals surface area contributed by atoms with Gasteiger partial charge in [-0.1, -0.05) is 49.2 Å². The Morgan fingerprint density at radius 2 is 2.06 bits per heavy atom. The van der Waals surface area contributed by atoms with Crippen LogP contribution in [-0.2, 0) is 0 Å². The average molecular weight is 302 g/mol. The smallest absolute Gasteiger partial charge is 0.129 e. The molecule has 1 N–H and O–H groups in total. The lowest BCUT2D eigenvalue weighted by Gasteiger charge is -2.23. The molecule has 1 aromatic carbocycles. The van der Waals surface area contributed by atoms with E-state index in [9.17, 15) is 4.39 Å². The molecule has 0 radical (unpaired) electrons. The molecule has 0 saturated carbocycles. The Kier molecular flexibility index (Phi) is 6.14. The van der Waals surface area contributed by atoms with Gasteiger partial charge in [-0.15, -0.1) is 0 Å². The minimum absolute atomic E-state index is 0.0884. The fourth-order valence-electron chi connectivity index (χ4n) is 1.96. The molecule has 0 fully saturated rings. The van der Waals surface area contributed by atoms with Crippen LogP contribution in [0.15, 0.2) is 22.7 Å². The molecule has 0 heterocycles. The van der Waals surface area contributed by atoms with Crippen molar-refractivity contribution < 1.29 is 4.39 Å². The molecule has 2 unspecified atom stereocenters.